The molecule has 0 aliphatic carbocycles. The van der Waals surface area contributed by atoms with Gasteiger partial charge in [0, 0.05) is 0 Å². The fourth-order valence-corrected chi connectivity index (χ4v) is 0. The van der Waals surface area contributed by atoms with Crippen LogP contribution in [0.3, 0.4) is 0 Å². The molecule has 0 atom stereocenters. The predicted octanol–water partition coefficient (Wildman–Crippen LogP) is 3.40. The van der Waals surface area contributed by atoms with E-state index in [1.807, 2.05) is 0 Å². The third-order valence-corrected chi connectivity index (χ3v) is 0. The molecule has 6 radical (unpaired) electrons. The van der Waals surface area contributed by atoms with Crippen LogP contribution in [0.1, 0.15) is 0 Å². The first-order valence-electron chi connectivity index (χ1n) is 1.87. The van der Waals surface area contributed by atoms with Crippen molar-refractivity contribution in [3.05, 3.63) is 40.5 Å². The number of hydrogen-bond acceptors (Lipinski definition) is 0. The maximum absolute atomic E-state index is 3.69. The Morgan fingerprint density at radius 3 is 0.700 bits per heavy atom. The van der Waals surface area contributed by atoms with E-state index in [1.165, 1.54) is 12.8 Å². The Morgan fingerprint density at radius 2 is 0.700 bits per heavy atom. The average molecular weight is 359 g/mol. The monoisotopic (exact) mass is 356 g/mol. The van der Waals surface area contributed by atoms with Gasteiger partial charge in [-0.05, 0) is 40.5 Å². The van der Waals surface area contributed by atoms with Gasteiger partial charge in [0.05, 0.1) is 0 Å². The normalized spacial score (nSPS) is 5.00. The molecule has 0 fully saturated rings. The standard InChI is InChI=1S/2C3H5.2BrH.2Ni/c2*1-3-2;;;;/h2*3H,1-2H2;2*1H;;/q;;;;2*+1/p-2. The Bertz CT molecular complexity index is 15.7. The van der Waals surface area contributed by atoms with Crippen LogP contribution in [0.15, 0.2) is 0 Å². The van der Waals surface area contributed by atoms with Crippen LogP contribution in [0.4, 0.5) is 0 Å². The summed E-state index contributed by atoms with van der Waals surface area (Å²) in [6, 6.07) is 0. The van der Waals surface area contributed by atoms with E-state index in [4.69, 9.17) is 0 Å². The van der Waals surface area contributed by atoms with Crippen molar-refractivity contribution in [1.29, 1.82) is 0 Å². The Kier molecular flexibility index (Phi) is 158. The molecule has 4 heteroatoms. The predicted molar refractivity (Wildman–Crippen MR) is 47.9 cm³/mol. The van der Waals surface area contributed by atoms with Gasteiger partial charge < -0.3 is 0 Å². The molecule has 0 unspecified atom stereocenters. The maximum atomic E-state index is 3.69. The van der Waals surface area contributed by atoms with Crippen LogP contribution in [0.5, 0.6) is 0 Å². The third-order valence-electron chi connectivity index (χ3n) is 0. The van der Waals surface area contributed by atoms with Crippen LogP contribution in [-0.4, -0.2) is 0 Å². The summed E-state index contributed by atoms with van der Waals surface area (Å²) >= 11 is 12.5. The second-order valence-corrected chi connectivity index (χ2v) is 0.577. The summed E-state index contributed by atoms with van der Waals surface area (Å²) in [7, 11) is 0. The van der Waals surface area contributed by atoms with Crippen LogP contribution in [0.2, 0.25) is 0 Å². The van der Waals surface area contributed by atoms with E-state index < -0.39 is 0 Å². The minimum atomic E-state index is 1.50. The first-order valence-corrected chi connectivity index (χ1v) is 6.75. The topological polar surface area (TPSA) is 0 Å². The Hall–Kier alpha value is 1.95. The van der Waals surface area contributed by atoms with Crippen molar-refractivity contribution in [2.24, 2.45) is 0 Å². The Labute approximate surface area is 95.6 Å². The second kappa shape index (κ2) is 69.5. The van der Waals surface area contributed by atoms with Gasteiger partial charge in [-0.25, -0.2) is 0 Å². The van der Waals surface area contributed by atoms with Crippen LogP contribution in [-0.2, 0) is 27.4 Å². The molecule has 0 aromatic carbocycles. The van der Waals surface area contributed by atoms with E-state index in [2.05, 4.69) is 83.5 Å². The summed E-state index contributed by atoms with van der Waals surface area (Å²) in [6.45, 7) is 13.0. The van der Waals surface area contributed by atoms with Crippen LogP contribution >= 0.6 is 28.5 Å². The van der Waals surface area contributed by atoms with Gasteiger partial charge >= 0.3 is 55.8 Å². The summed E-state index contributed by atoms with van der Waals surface area (Å²) in [4.78, 5) is 0. The molecule has 0 amide bonds. The zero-order chi connectivity index (χ0) is 9.41. The molecule has 0 aromatic heterocycles. The molecule has 0 heterocycles. The van der Waals surface area contributed by atoms with E-state index in [0.717, 1.165) is 0 Å². The van der Waals surface area contributed by atoms with Gasteiger partial charge in [0.25, 0.3) is 0 Å². The first-order chi connectivity index (χ1) is 4.83. The summed E-state index contributed by atoms with van der Waals surface area (Å²) in [5.74, 6) is 0. The van der Waals surface area contributed by atoms with Gasteiger partial charge in [0.2, 0.25) is 0 Å². The van der Waals surface area contributed by atoms with Crippen molar-refractivity contribution in [3.8, 4) is 0 Å². The zero-order valence-corrected chi connectivity index (χ0v) is 10.5. The number of hydrogen-bond donors (Lipinski definition) is 0. The second-order valence-electron chi connectivity index (χ2n) is 0.577. The minimum absolute atomic E-state index is 1.50. The molecular weight excluding hydrogens is 349 g/mol. The SMILES string of the molecule is [CH2][CH][CH2].[CH2][CH][CH2].[Ni][Br].[Ni][Br]. The molecule has 68 valence electrons. The summed E-state index contributed by atoms with van der Waals surface area (Å²) in [5.41, 5.74) is 0. The van der Waals surface area contributed by atoms with Crippen molar-refractivity contribution < 1.29 is 27.4 Å². The van der Waals surface area contributed by atoms with Gasteiger partial charge in [-0.2, -0.15) is 0 Å². The van der Waals surface area contributed by atoms with Crippen molar-refractivity contribution in [2.75, 3.05) is 0 Å². The van der Waals surface area contributed by atoms with Crippen molar-refractivity contribution in [2.45, 2.75) is 0 Å². The fraction of sp³-hybridized carbons (Fsp3) is 0. The molecular formula is C6H10Br2Ni2. The average Bonchev–Trinajstić information content (AvgIpc) is 1.99. The van der Waals surface area contributed by atoms with Gasteiger partial charge in [0.15, 0.2) is 0 Å². The third kappa shape index (κ3) is 210. The van der Waals surface area contributed by atoms with E-state index in [1.54, 1.807) is 0 Å². The van der Waals surface area contributed by atoms with Crippen molar-refractivity contribution in [1.82, 2.24) is 0 Å². The molecule has 0 rings (SSSR count). The van der Waals surface area contributed by atoms with Gasteiger partial charge in [-0.3, -0.25) is 0 Å². The van der Waals surface area contributed by atoms with E-state index in [9.17, 15) is 0 Å². The number of rotatable bonds is 0. The molecule has 10 heavy (non-hydrogen) atoms. The van der Waals surface area contributed by atoms with E-state index in [0.29, 0.717) is 0 Å². The Morgan fingerprint density at radius 1 is 0.700 bits per heavy atom. The van der Waals surface area contributed by atoms with E-state index >= 15 is 0 Å². The molecule has 0 saturated carbocycles. The molecule has 0 N–H and O–H groups in total. The summed E-state index contributed by atoms with van der Waals surface area (Å²) in [5, 5.41) is 0. The summed E-state index contributed by atoms with van der Waals surface area (Å²) in [6.07, 6.45) is 3.00. The fourth-order valence-electron chi connectivity index (χ4n) is 0. The van der Waals surface area contributed by atoms with Crippen molar-refractivity contribution in [3.63, 3.8) is 0 Å². The van der Waals surface area contributed by atoms with Crippen LogP contribution < -0.4 is 0 Å². The summed E-state index contributed by atoms with van der Waals surface area (Å²) < 4.78 is 0. The molecule has 0 saturated heterocycles. The molecule has 0 bridgehead atoms. The molecule has 0 nitrogen and oxygen atoms in total. The van der Waals surface area contributed by atoms with E-state index in [-0.39, 0.29) is 0 Å². The van der Waals surface area contributed by atoms with Gasteiger partial charge in [-0.15, -0.1) is 0 Å². The quantitative estimate of drug-likeness (QED) is 0.582. The molecule has 0 aliphatic rings. The van der Waals surface area contributed by atoms with Crippen LogP contribution in [0.25, 0.3) is 0 Å². The Balaban J connectivity index is -0.0000000246. The van der Waals surface area contributed by atoms with Gasteiger partial charge in [0.1, 0.15) is 0 Å². The molecule has 0 aliphatic heterocycles. The number of halogens is 2. The van der Waals surface area contributed by atoms with Gasteiger partial charge in [-0.1, -0.05) is 0 Å². The molecule has 0 spiro atoms. The molecule has 0 aromatic rings. The van der Waals surface area contributed by atoms with Crippen LogP contribution in [0, 0.1) is 40.5 Å². The van der Waals surface area contributed by atoms with Crippen molar-refractivity contribution >= 4 is 28.5 Å². The zero-order valence-electron chi connectivity index (χ0n) is 5.37. The first kappa shape index (κ1) is 22.7.